The number of nitrogens with one attached hydrogen (secondary N) is 1. The molecule has 0 aliphatic carbocycles. The highest BCUT2D eigenvalue weighted by atomic mass is 16.2. The van der Waals surface area contributed by atoms with Crippen LogP contribution in [0.2, 0.25) is 0 Å². The number of aryl methyl sites for hydroxylation is 2. The third-order valence-corrected chi connectivity index (χ3v) is 4.43. The third kappa shape index (κ3) is 3.40. The van der Waals surface area contributed by atoms with Crippen molar-refractivity contribution < 1.29 is 9.59 Å². The second-order valence-corrected chi connectivity index (χ2v) is 7.17. The van der Waals surface area contributed by atoms with E-state index in [4.69, 9.17) is 0 Å². The number of benzene rings is 2. The van der Waals surface area contributed by atoms with Crippen molar-refractivity contribution in [3.05, 3.63) is 70.9 Å². The maximum absolute atomic E-state index is 13.0. The molecule has 4 nitrogen and oxygen atoms in total. The van der Waals surface area contributed by atoms with Gasteiger partial charge in [0.2, 0.25) is 0 Å². The summed E-state index contributed by atoms with van der Waals surface area (Å²) in [7, 11) is 0. The van der Waals surface area contributed by atoms with Gasteiger partial charge in [-0.05, 0) is 42.5 Å². The van der Waals surface area contributed by atoms with E-state index in [1.165, 1.54) is 4.90 Å². The Bertz CT molecular complexity index is 882. The van der Waals surface area contributed by atoms with Crippen LogP contribution in [-0.2, 0) is 9.59 Å². The van der Waals surface area contributed by atoms with Crippen molar-refractivity contribution in [1.82, 2.24) is 4.90 Å². The molecule has 0 radical (unpaired) electrons. The van der Waals surface area contributed by atoms with E-state index in [9.17, 15) is 9.59 Å². The highest BCUT2D eigenvalue weighted by Crippen LogP contribution is 2.31. The van der Waals surface area contributed by atoms with E-state index < -0.39 is 0 Å². The topological polar surface area (TPSA) is 49.4 Å². The van der Waals surface area contributed by atoms with E-state index in [1.54, 1.807) is 0 Å². The summed E-state index contributed by atoms with van der Waals surface area (Å²) in [5.74, 6) is -0.286. The number of rotatable bonds is 5. The number of anilines is 1. The van der Waals surface area contributed by atoms with Crippen LogP contribution >= 0.6 is 0 Å². The van der Waals surface area contributed by atoms with Gasteiger partial charge in [-0.15, -0.1) is 0 Å². The first-order valence-corrected chi connectivity index (χ1v) is 8.88. The Kier molecular flexibility index (Phi) is 4.94. The fourth-order valence-corrected chi connectivity index (χ4v) is 3.10. The van der Waals surface area contributed by atoms with Gasteiger partial charge < -0.3 is 5.32 Å². The van der Waals surface area contributed by atoms with Gasteiger partial charge in [0.05, 0.1) is 5.57 Å². The summed E-state index contributed by atoms with van der Waals surface area (Å²) >= 11 is 0. The molecule has 1 N–H and O–H groups in total. The van der Waals surface area contributed by atoms with Gasteiger partial charge in [0, 0.05) is 12.2 Å². The lowest BCUT2D eigenvalue weighted by molar-refractivity contribution is -0.137. The Labute approximate surface area is 154 Å². The molecule has 0 fully saturated rings. The van der Waals surface area contributed by atoms with E-state index in [0.29, 0.717) is 17.8 Å². The van der Waals surface area contributed by atoms with Gasteiger partial charge >= 0.3 is 0 Å². The van der Waals surface area contributed by atoms with Crippen LogP contribution in [-0.4, -0.2) is 23.3 Å². The van der Waals surface area contributed by atoms with E-state index in [1.807, 2.05) is 76.2 Å². The minimum absolute atomic E-state index is 0.208. The average Bonchev–Trinajstić information content (AvgIpc) is 2.83. The van der Waals surface area contributed by atoms with E-state index in [-0.39, 0.29) is 17.7 Å². The largest absolute Gasteiger partial charge is 0.350 e. The summed E-state index contributed by atoms with van der Waals surface area (Å²) < 4.78 is 0. The first kappa shape index (κ1) is 17.9. The van der Waals surface area contributed by atoms with Crippen LogP contribution in [0, 0.1) is 19.8 Å². The maximum Gasteiger partial charge on any atom is 0.278 e. The Morgan fingerprint density at radius 2 is 1.65 bits per heavy atom. The molecule has 0 atom stereocenters. The molecular weight excluding hydrogens is 324 g/mol. The molecule has 2 aromatic carbocycles. The van der Waals surface area contributed by atoms with Gasteiger partial charge in [0.15, 0.2) is 0 Å². The number of amides is 2. The fraction of sp³-hybridized carbons (Fsp3) is 0.273. The highest BCUT2D eigenvalue weighted by Gasteiger charge is 2.39. The zero-order valence-electron chi connectivity index (χ0n) is 15.7. The summed E-state index contributed by atoms with van der Waals surface area (Å²) in [5, 5.41) is 3.25. The maximum atomic E-state index is 13.0. The number of hydrogen-bond donors (Lipinski definition) is 1. The smallest absolute Gasteiger partial charge is 0.278 e. The van der Waals surface area contributed by atoms with Gasteiger partial charge in [0.25, 0.3) is 11.8 Å². The number of hydrogen-bond acceptors (Lipinski definition) is 3. The van der Waals surface area contributed by atoms with Crippen LogP contribution in [0.15, 0.2) is 54.2 Å². The van der Waals surface area contributed by atoms with Crippen LogP contribution in [0.5, 0.6) is 0 Å². The molecule has 1 aliphatic rings. The van der Waals surface area contributed by atoms with Gasteiger partial charge in [0.1, 0.15) is 5.70 Å². The van der Waals surface area contributed by atoms with Crippen molar-refractivity contribution in [2.75, 3.05) is 11.9 Å². The number of carbonyl (C=O) groups excluding carboxylic acids is 2. The molecule has 0 spiro atoms. The van der Waals surface area contributed by atoms with Gasteiger partial charge in [-0.3, -0.25) is 14.5 Å². The summed E-state index contributed by atoms with van der Waals surface area (Å²) in [6.45, 7) is 8.39. The molecule has 0 saturated heterocycles. The van der Waals surface area contributed by atoms with E-state index >= 15 is 0 Å². The normalized spacial score (nSPS) is 14.6. The quantitative estimate of drug-likeness (QED) is 0.826. The van der Waals surface area contributed by atoms with E-state index in [2.05, 4.69) is 5.32 Å². The molecular formula is C22H24N2O2. The molecule has 2 amide bonds. The molecule has 3 rings (SSSR count). The highest BCUT2D eigenvalue weighted by molar-refractivity contribution is 6.36. The molecule has 4 heteroatoms. The van der Waals surface area contributed by atoms with Crippen molar-refractivity contribution in [2.24, 2.45) is 5.92 Å². The Morgan fingerprint density at radius 3 is 2.31 bits per heavy atom. The van der Waals surface area contributed by atoms with Gasteiger partial charge in [-0.25, -0.2) is 0 Å². The van der Waals surface area contributed by atoms with Crippen LogP contribution in [0.4, 0.5) is 5.69 Å². The average molecular weight is 348 g/mol. The predicted molar refractivity (Wildman–Crippen MR) is 104 cm³/mol. The van der Waals surface area contributed by atoms with Gasteiger partial charge in [-0.2, -0.15) is 0 Å². The van der Waals surface area contributed by atoms with Crippen LogP contribution in [0.25, 0.3) is 5.57 Å². The zero-order valence-corrected chi connectivity index (χ0v) is 15.7. The lowest BCUT2D eigenvalue weighted by Crippen LogP contribution is -2.35. The zero-order chi connectivity index (χ0) is 18.8. The molecule has 0 saturated carbocycles. The molecule has 0 aromatic heterocycles. The second-order valence-electron chi connectivity index (χ2n) is 7.17. The first-order valence-electron chi connectivity index (χ1n) is 8.88. The lowest BCUT2D eigenvalue weighted by Gasteiger charge is -2.17. The van der Waals surface area contributed by atoms with Crippen molar-refractivity contribution in [3.63, 3.8) is 0 Å². The Hall–Kier alpha value is -2.88. The van der Waals surface area contributed by atoms with Crippen LogP contribution in [0.3, 0.4) is 0 Å². The summed E-state index contributed by atoms with van der Waals surface area (Å²) in [4.78, 5) is 27.4. The third-order valence-electron chi connectivity index (χ3n) is 4.43. The number of nitrogens with zero attached hydrogens (tertiary/aromatic N) is 1. The summed E-state index contributed by atoms with van der Waals surface area (Å²) in [6, 6.07) is 15.4. The SMILES string of the molecule is Cc1ccc(C)c(NC2=C(c3ccccc3)C(=O)N(CC(C)C)C2=O)c1. The molecule has 0 unspecified atom stereocenters. The Balaban J connectivity index is 2.09. The summed E-state index contributed by atoms with van der Waals surface area (Å²) in [5.41, 5.74) is 4.52. The molecule has 2 aromatic rings. The summed E-state index contributed by atoms with van der Waals surface area (Å²) in [6.07, 6.45) is 0. The van der Waals surface area contributed by atoms with Crippen molar-refractivity contribution in [3.8, 4) is 0 Å². The predicted octanol–water partition coefficient (Wildman–Crippen LogP) is 4.15. The van der Waals surface area contributed by atoms with Crippen molar-refractivity contribution in [1.29, 1.82) is 0 Å². The van der Waals surface area contributed by atoms with Crippen LogP contribution < -0.4 is 5.32 Å². The molecule has 0 bridgehead atoms. The first-order chi connectivity index (χ1) is 12.4. The van der Waals surface area contributed by atoms with E-state index in [0.717, 1.165) is 22.4 Å². The molecule has 1 aliphatic heterocycles. The van der Waals surface area contributed by atoms with Gasteiger partial charge in [-0.1, -0.05) is 56.3 Å². The minimum atomic E-state index is -0.261. The number of carbonyl (C=O) groups is 2. The molecule has 1 heterocycles. The van der Waals surface area contributed by atoms with Crippen molar-refractivity contribution in [2.45, 2.75) is 27.7 Å². The fourth-order valence-electron chi connectivity index (χ4n) is 3.10. The lowest BCUT2D eigenvalue weighted by atomic mass is 10.0. The minimum Gasteiger partial charge on any atom is -0.350 e. The Morgan fingerprint density at radius 1 is 0.962 bits per heavy atom. The molecule has 26 heavy (non-hydrogen) atoms. The number of imide groups is 1. The van der Waals surface area contributed by atoms with Crippen molar-refractivity contribution >= 4 is 23.1 Å². The molecule has 134 valence electrons. The van der Waals surface area contributed by atoms with Crippen LogP contribution in [0.1, 0.15) is 30.5 Å². The monoisotopic (exact) mass is 348 g/mol. The second kappa shape index (κ2) is 7.16. The standard InChI is InChI=1S/C22H24N2O2/c1-14(2)13-24-21(25)19(17-8-6-5-7-9-17)20(22(24)26)23-18-12-15(3)10-11-16(18)4/h5-12,14,23H,13H2,1-4H3.